The van der Waals surface area contributed by atoms with Crippen LogP contribution in [-0.2, 0) is 0 Å². The summed E-state index contributed by atoms with van der Waals surface area (Å²) in [5, 5.41) is 22.1. The normalized spacial score (nSPS) is 10.6. The van der Waals surface area contributed by atoms with Crippen molar-refractivity contribution >= 4 is 11.6 Å². The lowest BCUT2D eigenvalue weighted by Crippen LogP contribution is -2.42. The molecule has 0 aromatic heterocycles. The molecule has 0 aliphatic heterocycles. The average Bonchev–Trinajstić information content (AvgIpc) is 2.28. The van der Waals surface area contributed by atoms with Crippen molar-refractivity contribution in [3.63, 3.8) is 0 Å². The second-order valence-corrected chi connectivity index (χ2v) is 4.40. The number of nitrogens with one attached hydrogen (secondary N) is 1. The van der Waals surface area contributed by atoms with Crippen LogP contribution in [0.1, 0.15) is 29.8 Å². The summed E-state index contributed by atoms with van der Waals surface area (Å²) in [7, 11) is 0. The van der Waals surface area contributed by atoms with Crippen molar-refractivity contribution in [3.8, 4) is 6.07 Å². The molecule has 0 heterocycles. The second-order valence-electron chi connectivity index (χ2n) is 4.40. The van der Waals surface area contributed by atoms with Crippen molar-refractivity contribution in [2.45, 2.75) is 26.3 Å². The standard InChI is InChI=1S/C12H13N3O3/c1-8-9(5-4-6-10(8)15(17)18)11(16)14-12(2,3)7-13/h4-6H,1-3H3,(H,14,16). The number of nitro benzene ring substituents is 1. The molecular weight excluding hydrogens is 234 g/mol. The molecule has 0 radical (unpaired) electrons. The summed E-state index contributed by atoms with van der Waals surface area (Å²) in [6, 6.07) is 6.20. The Morgan fingerprint density at radius 3 is 2.61 bits per heavy atom. The van der Waals surface area contributed by atoms with Gasteiger partial charge in [-0.2, -0.15) is 5.26 Å². The Labute approximate surface area is 104 Å². The second kappa shape index (κ2) is 4.84. The van der Waals surface area contributed by atoms with Crippen molar-refractivity contribution in [2.24, 2.45) is 0 Å². The summed E-state index contributed by atoms with van der Waals surface area (Å²) >= 11 is 0. The van der Waals surface area contributed by atoms with Crippen LogP contribution in [-0.4, -0.2) is 16.4 Å². The highest BCUT2D eigenvalue weighted by atomic mass is 16.6. The van der Waals surface area contributed by atoms with Gasteiger partial charge in [-0.3, -0.25) is 14.9 Å². The van der Waals surface area contributed by atoms with Crippen LogP contribution in [0.25, 0.3) is 0 Å². The maximum Gasteiger partial charge on any atom is 0.273 e. The monoisotopic (exact) mass is 247 g/mol. The van der Waals surface area contributed by atoms with E-state index in [-0.39, 0.29) is 16.8 Å². The van der Waals surface area contributed by atoms with Crippen molar-refractivity contribution in [1.29, 1.82) is 5.26 Å². The number of hydrogen-bond acceptors (Lipinski definition) is 4. The lowest BCUT2D eigenvalue weighted by Gasteiger charge is -2.18. The van der Waals surface area contributed by atoms with E-state index in [1.54, 1.807) is 13.8 Å². The molecule has 0 fully saturated rings. The number of amides is 1. The minimum Gasteiger partial charge on any atom is -0.334 e. The number of hydrogen-bond donors (Lipinski definition) is 1. The molecule has 1 amide bonds. The third-order valence-corrected chi connectivity index (χ3v) is 2.45. The van der Waals surface area contributed by atoms with Crippen molar-refractivity contribution in [1.82, 2.24) is 5.32 Å². The van der Waals surface area contributed by atoms with Gasteiger partial charge in [-0.15, -0.1) is 0 Å². The van der Waals surface area contributed by atoms with E-state index in [4.69, 9.17) is 5.26 Å². The molecule has 0 aliphatic rings. The first-order valence-corrected chi connectivity index (χ1v) is 5.26. The minimum atomic E-state index is -1.02. The number of nitriles is 1. The molecule has 0 unspecified atom stereocenters. The van der Waals surface area contributed by atoms with Crippen LogP contribution in [0.5, 0.6) is 0 Å². The highest BCUT2D eigenvalue weighted by Crippen LogP contribution is 2.21. The van der Waals surface area contributed by atoms with E-state index >= 15 is 0 Å². The number of carbonyl (C=O) groups excluding carboxylic acids is 1. The van der Waals surface area contributed by atoms with E-state index < -0.39 is 16.4 Å². The summed E-state index contributed by atoms with van der Waals surface area (Å²) in [4.78, 5) is 22.1. The molecule has 0 aliphatic carbocycles. The molecule has 1 aromatic carbocycles. The molecule has 6 nitrogen and oxygen atoms in total. The van der Waals surface area contributed by atoms with E-state index in [1.165, 1.54) is 25.1 Å². The predicted octanol–water partition coefficient (Wildman–Crippen LogP) is 1.94. The van der Waals surface area contributed by atoms with Crippen molar-refractivity contribution in [3.05, 3.63) is 39.4 Å². The summed E-state index contributed by atoms with van der Waals surface area (Å²) in [5.41, 5.74) is -0.646. The first kappa shape index (κ1) is 13.6. The molecule has 94 valence electrons. The Morgan fingerprint density at radius 1 is 1.50 bits per heavy atom. The zero-order valence-corrected chi connectivity index (χ0v) is 10.4. The largest absolute Gasteiger partial charge is 0.334 e. The fraction of sp³-hybridized carbons (Fsp3) is 0.333. The lowest BCUT2D eigenvalue weighted by atomic mass is 10.0. The van der Waals surface area contributed by atoms with Crippen LogP contribution in [0, 0.1) is 28.4 Å². The third kappa shape index (κ3) is 2.83. The zero-order chi connectivity index (χ0) is 13.9. The quantitative estimate of drug-likeness (QED) is 0.652. The molecule has 1 N–H and O–H groups in total. The highest BCUT2D eigenvalue weighted by Gasteiger charge is 2.23. The van der Waals surface area contributed by atoms with Crippen LogP contribution in [0.15, 0.2) is 18.2 Å². The SMILES string of the molecule is Cc1c(C(=O)NC(C)(C)C#N)cccc1[N+](=O)[O-]. The van der Waals surface area contributed by atoms with Crippen molar-refractivity contribution < 1.29 is 9.72 Å². The number of nitrogens with zero attached hydrogens (tertiary/aromatic N) is 2. The Bertz CT molecular complexity index is 544. The van der Waals surface area contributed by atoms with Crippen LogP contribution < -0.4 is 5.32 Å². The van der Waals surface area contributed by atoms with E-state index in [1.807, 2.05) is 6.07 Å². The molecule has 18 heavy (non-hydrogen) atoms. The molecule has 0 atom stereocenters. The Kier molecular flexibility index (Phi) is 3.67. The van der Waals surface area contributed by atoms with Gasteiger partial charge in [-0.25, -0.2) is 0 Å². The first-order valence-electron chi connectivity index (χ1n) is 5.26. The number of rotatable bonds is 3. The van der Waals surface area contributed by atoms with Crippen molar-refractivity contribution in [2.75, 3.05) is 0 Å². The van der Waals surface area contributed by atoms with Gasteiger partial charge in [-0.05, 0) is 26.8 Å². The average molecular weight is 247 g/mol. The zero-order valence-electron chi connectivity index (χ0n) is 10.4. The predicted molar refractivity (Wildman–Crippen MR) is 65.0 cm³/mol. The van der Waals surface area contributed by atoms with E-state index in [2.05, 4.69) is 5.32 Å². The summed E-state index contributed by atoms with van der Waals surface area (Å²) in [6.07, 6.45) is 0. The molecule has 6 heteroatoms. The lowest BCUT2D eigenvalue weighted by molar-refractivity contribution is -0.385. The molecule has 1 aromatic rings. The Hall–Kier alpha value is -2.42. The topological polar surface area (TPSA) is 96.0 Å². The third-order valence-electron chi connectivity index (χ3n) is 2.45. The van der Waals surface area contributed by atoms with Crippen LogP contribution in [0.2, 0.25) is 0 Å². The molecule has 0 saturated heterocycles. The minimum absolute atomic E-state index is 0.114. The fourth-order valence-corrected chi connectivity index (χ4v) is 1.45. The maximum absolute atomic E-state index is 11.9. The van der Waals surface area contributed by atoms with Crippen LogP contribution >= 0.6 is 0 Å². The van der Waals surface area contributed by atoms with Gasteiger partial charge in [0.1, 0.15) is 5.54 Å². The first-order chi connectivity index (χ1) is 8.28. The molecule has 0 spiro atoms. The summed E-state index contributed by atoms with van der Waals surface area (Å²) in [5.74, 6) is -0.497. The van der Waals surface area contributed by atoms with Gasteiger partial charge in [0.25, 0.3) is 11.6 Å². The van der Waals surface area contributed by atoms with Crippen LogP contribution in [0.4, 0.5) is 5.69 Å². The van der Waals surface area contributed by atoms with Gasteiger partial charge in [0, 0.05) is 17.2 Å². The fourth-order valence-electron chi connectivity index (χ4n) is 1.45. The smallest absolute Gasteiger partial charge is 0.273 e. The number of nitro groups is 1. The van der Waals surface area contributed by atoms with Gasteiger partial charge in [0.2, 0.25) is 0 Å². The Balaban J connectivity index is 3.13. The molecule has 0 bridgehead atoms. The van der Waals surface area contributed by atoms with Gasteiger partial charge in [0.05, 0.1) is 11.0 Å². The van der Waals surface area contributed by atoms with E-state index in [9.17, 15) is 14.9 Å². The van der Waals surface area contributed by atoms with E-state index in [0.29, 0.717) is 0 Å². The highest BCUT2D eigenvalue weighted by molar-refractivity contribution is 5.97. The summed E-state index contributed by atoms with van der Waals surface area (Å²) < 4.78 is 0. The Morgan fingerprint density at radius 2 is 2.11 bits per heavy atom. The summed E-state index contributed by atoms with van der Waals surface area (Å²) in [6.45, 7) is 4.61. The maximum atomic E-state index is 11.9. The molecular formula is C12H13N3O3. The van der Waals surface area contributed by atoms with Gasteiger partial charge in [0.15, 0.2) is 0 Å². The molecule has 0 saturated carbocycles. The van der Waals surface area contributed by atoms with E-state index in [0.717, 1.165) is 0 Å². The number of carbonyl (C=O) groups is 1. The number of benzene rings is 1. The van der Waals surface area contributed by atoms with Gasteiger partial charge >= 0.3 is 0 Å². The van der Waals surface area contributed by atoms with Crippen LogP contribution in [0.3, 0.4) is 0 Å². The van der Waals surface area contributed by atoms with Gasteiger partial charge < -0.3 is 5.32 Å². The molecule has 1 rings (SSSR count). The van der Waals surface area contributed by atoms with Gasteiger partial charge in [-0.1, -0.05) is 6.07 Å².